The summed E-state index contributed by atoms with van der Waals surface area (Å²) in [6, 6.07) is 16.2. The molecule has 1 aliphatic heterocycles. The maximum absolute atomic E-state index is 13.4. The quantitative estimate of drug-likeness (QED) is 0.609. The molecule has 4 rings (SSSR count). The molecule has 0 saturated heterocycles. The molecule has 3 aromatic carbocycles. The zero-order valence-corrected chi connectivity index (χ0v) is 18.0. The first kappa shape index (κ1) is 22.0. The van der Waals surface area contributed by atoms with E-state index in [-0.39, 0.29) is 11.6 Å². The molecule has 32 heavy (non-hydrogen) atoms. The lowest BCUT2D eigenvalue weighted by molar-refractivity contribution is 0.112. The van der Waals surface area contributed by atoms with Gasteiger partial charge in [-0.15, -0.1) is 0 Å². The van der Waals surface area contributed by atoms with Gasteiger partial charge in [-0.05, 0) is 41.5 Å². The molecule has 0 aliphatic carbocycles. The van der Waals surface area contributed by atoms with Crippen molar-refractivity contribution in [3.8, 4) is 11.5 Å². The van der Waals surface area contributed by atoms with Gasteiger partial charge in [0.25, 0.3) is 0 Å². The highest BCUT2D eigenvalue weighted by molar-refractivity contribution is 5.65. The fourth-order valence-electron chi connectivity index (χ4n) is 3.99. The second-order valence-electron chi connectivity index (χ2n) is 7.68. The highest BCUT2D eigenvalue weighted by atomic mass is 19.1. The molecule has 0 bridgehead atoms. The minimum Gasteiger partial charge on any atom is -0.493 e. The molecule has 0 aromatic heterocycles. The summed E-state index contributed by atoms with van der Waals surface area (Å²) in [4.78, 5) is 3.91. The van der Waals surface area contributed by atoms with Gasteiger partial charge in [0.05, 0.1) is 20.4 Å². The number of ether oxygens (including phenoxy) is 2. The summed E-state index contributed by atoms with van der Waals surface area (Å²) < 4.78 is 37.8. The summed E-state index contributed by atoms with van der Waals surface area (Å²) in [6.07, 6.45) is -1.12. The zero-order chi connectivity index (χ0) is 22.8. The largest absolute Gasteiger partial charge is 0.493 e. The molecule has 1 heterocycles. The lowest BCUT2D eigenvalue weighted by atomic mass is 10.0. The van der Waals surface area contributed by atoms with Crippen molar-refractivity contribution in [1.82, 2.24) is 4.90 Å². The molecule has 1 aliphatic rings. The van der Waals surface area contributed by atoms with Crippen molar-refractivity contribution >= 4 is 5.69 Å². The Morgan fingerprint density at radius 2 is 1.28 bits per heavy atom. The number of methoxy groups -OCH3 is 2. The number of hydrogen-bond acceptors (Lipinski definition) is 6. The van der Waals surface area contributed by atoms with Crippen LogP contribution in [-0.2, 0) is 13.1 Å². The number of anilines is 1. The molecule has 168 valence electrons. The van der Waals surface area contributed by atoms with Gasteiger partial charge >= 0.3 is 0 Å². The van der Waals surface area contributed by atoms with Crippen molar-refractivity contribution in [3.63, 3.8) is 0 Å². The first-order chi connectivity index (χ1) is 15.4. The normalized spacial score (nSPS) is 18.4. The van der Waals surface area contributed by atoms with Crippen LogP contribution in [0, 0.1) is 11.6 Å². The molecule has 0 saturated carbocycles. The van der Waals surface area contributed by atoms with Crippen molar-refractivity contribution in [2.75, 3.05) is 19.1 Å². The Hall–Kier alpha value is -3.20. The minimum absolute atomic E-state index is 0.302. The van der Waals surface area contributed by atoms with E-state index in [9.17, 15) is 8.78 Å². The third-order valence-corrected chi connectivity index (χ3v) is 5.72. The first-order valence-electron chi connectivity index (χ1n) is 10.2. The van der Waals surface area contributed by atoms with Crippen molar-refractivity contribution in [2.45, 2.75) is 25.5 Å². The fourth-order valence-corrected chi connectivity index (χ4v) is 3.99. The molecular formula is C24H26F2N4O2. The smallest absolute Gasteiger partial charge is 0.162 e. The van der Waals surface area contributed by atoms with E-state index in [1.807, 2.05) is 21.9 Å². The maximum atomic E-state index is 13.4. The summed E-state index contributed by atoms with van der Waals surface area (Å²) in [5, 5.41) is 0. The average Bonchev–Trinajstić information content (AvgIpc) is 2.81. The van der Waals surface area contributed by atoms with E-state index in [0.717, 1.165) is 22.4 Å². The predicted octanol–water partition coefficient (Wildman–Crippen LogP) is 3.70. The van der Waals surface area contributed by atoms with Crippen molar-refractivity contribution in [2.24, 2.45) is 11.5 Å². The van der Waals surface area contributed by atoms with E-state index in [1.165, 1.54) is 24.3 Å². The fraction of sp³-hybridized carbons (Fsp3) is 0.250. The van der Waals surface area contributed by atoms with Gasteiger partial charge in [0.2, 0.25) is 0 Å². The third-order valence-electron chi connectivity index (χ3n) is 5.72. The Bertz CT molecular complexity index is 1080. The molecule has 0 spiro atoms. The van der Waals surface area contributed by atoms with E-state index in [1.54, 1.807) is 38.5 Å². The highest BCUT2D eigenvalue weighted by Crippen LogP contribution is 2.43. The van der Waals surface area contributed by atoms with Gasteiger partial charge in [-0.25, -0.2) is 13.7 Å². The van der Waals surface area contributed by atoms with Crippen LogP contribution in [-0.4, -0.2) is 25.4 Å². The van der Waals surface area contributed by atoms with Crippen LogP contribution in [0.25, 0.3) is 0 Å². The number of benzene rings is 3. The lowest BCUT2D eigenvalue weighted by Crippen LogP contribution is -2.59. The molecule has 8 heteroatoms. The Morgan fingerprint density at radius 1 is 0.781 bits per heavy atom. The summed E-state index contributed by atoms with van der Waals surface area (Å²) in [5.41, 5.74) is 16.7. The number of fused-ring (bicyclic) bond motifs is 1. The van der Waals surface area contributed by atoms with Crippen LogP contribution in [0.4, 0.5) is 14.5 Å². The Labute approximate surface area is 185 Å². The van der Waals surface area contributed by atoms with Crippen molar-refractivity contribution < 1.29 is 18.3 Å². The molecule has 4 N–H and O–H groups in total. The molecular weight excluding hydrogens is 414 g/mol. The van der Waals surface area contributed by atoms with Crippen LogP contribution < -0.4 is 25.8 Å². The van der Waals surface area contributed by atoms with Crippen LogP contribution in [0.5, 0.6) is 11.5 Å². The second-order valence-corrected chi connectivity index (χ2v) is 7.68. The van der Waals surface area contributed by atoms with E-state index >= 15 is 0 Å². The van der Waals surface area contributed by atoms with Gasteiger partial charge in [0.15, 0.2) is 11.5 Å². The molecule has 2 unspecified atom stereocenters. The first-order valence-corrected chi connectivity index (χ1v) is 10.2. The number of halogens is 2. The van der Waals surface area contributed by atoms with Gasteiger partial charge in [0, 0.05) is 30.4 Å². The van der Waals surface area contributed by atoms with E-state index in [4.69, 9.17) is 20.9 Å². The highest BCUT2D eigenvalue weighted by Gasteiger charge is 2.36. The van der Waals surface area contributed by atoms with Gasteiger partial charge in [-0.1, -0.05) is 24.3 Å². The molecule has 3 aromatic rings. The Morgan fingerprint density at radius 3 is 1.81 bits per heavy atom. The van der Waals surface area contributed by atoms with Gasteiger partial charge in [0.1, 0.15) is 17.9 Å². The third kappa shape index (κ3) is 4.25. The Balaban J connectivity index is 1.76. The van der Waals surface area contributed by atoms with Crippen molar-refractivity contribution in [3.05, 3.63) is 89.0 Å². The predicted molar refractivity (Wildman–Crippen MR) is 119 cm³/mol. The SMILES string of the molecule is COc1cc2c(cc1OC)N(Cc1ccc(F)cc1)C(N)N(Cc1ccc(F)cc1)C2N. The van der Waals surface area contributed by atoms with Crippen molar-refractivity contribution in [1.29, 1.82) is 0 Å². The maximum Gasteiger partial charge on any atom is 0.162 e. The van der Waals surface area contributed by atoms with Crippen LogP contribution in [0.1, 0.15) is 22.9 Å². The minimum atomic E-state index is -0.592. The number of nitrogens with zero attached hydrogens (tertiary/aromatic N) is 2. The number of nitrogens with two attached hydrogens (primary N) is 2. The van der Waals surface area contributed by atoms with Crippen LogP contribution in [0.3, 0.4) is 0 Å². The Kier molecular flexibility index (Phi) is 6.27. The lowest BCUT2D eigenvalue weighted by Gasteiger charge is -2.47. The van der Waals surface area contributed by atoms with Crippen LogP contribution in [0.15, 0.2) is 60.7 Å². The summed E-state index contributed by atoms with van der Waals surface area (Å²) in [5.74, 6) is 0.506. The number of rotatable bonds is 6. The average molecular weight is 440 g/mol. The van der Waals surface area contributed by atoms with Crippen LogP contribution >= 0.6 is 0 Å². The summed E-state index contributed by atoms with van der Waals surface area (Å²) >= 11 is 0. The standard InChI is InChI=1S/C24H26F2N4O2/c1-31-21-11-19-20(12-22(21)32-2)29(13-15-3-7-17(25)8-4-15)24(28)30(23(19)27)14-16-5-9-18(26)10-6-16/h3-12,23-24H,13-14,27-28H2,1-2H3. The molecule has 0 amide bonds. The molecule has 6 nitrogen and oxygen atoms in total. The van der Waals surface area contributed by atoms with E-state index < -0.39 is 12.5 Å². The van der Waals surface area contributed by atoms with E-state index in [2.05, 4.69) is 0 Å². The zero-order valence-electron chi connectivity index (χ0n) is 18.0. The topological polar surface area (TPSA) is 77.0 Å². The molecule has 2 atom stereocenters. The van der Waals surface area contributed by atoms with Gasteiger partial charge in [-0.2, -0.15) is 0 Å². The summed E-state index contributed by atoms with van der Waals surface area (Å²) in [7, 11) is 3.13. The molecule has 0 fully saturated rings. The second kappa shape index (κ2) is 9.12. The van der Waals surface area contributed by atoms with Gasteiger partial charge < -0.3 is 20.1 Å². The van der Waals surface area contributed by atoms with Crippen LogP contribution in [0.2, 0.25) is 0 Å². The summed E-state index contributed by atoms with van der Waals surface area (Å²) in [6.45, 7) is 0.840. The van der Waals surface area contributed by atoms with Gasteiger partial charge in [-0.3, -0.25) is 5.73 Å². The van der Waals surface area contributed by atoms with E-state index in [0.29, 0.717) is 24.6 Å². The number of hydrogen-bond donors (Lipinski definition) is 2. The monoisotopic (exact) mass is 440 g/mol. The molecule has 0 radical (unpaired) electrons.